The first-order valence-corrected chi connectivity index (χ1v) is 6.84. The number of thiophene rings is 1. The first kappa shape index (κ1) is 12.6. The Morgan fingerprint density at radius 3 is 2.85 bits per heavy atom. The van der Waals surface area contributed by atoms with Crippen molar-refractivity contribution in [3.05, 3.63) is 47.1 Å². The van der Waals surface area contributed by atoms with Crippen LogP contribution in [-0.2, 0) is 0 Å². The Morgan fingerprint density at radius 2 is 2.10 bits per heavy atom. The molecule has 0 bridgehead atoms. The van der Waals surface area contributed by atoms with E-state index >= 15 is 0 Å². The fourth-order valence-corrected chi connectivity index (χ4v) is 2.84. The molecule has 5 nitrogen and oxygen atoms in total. The number of amides is 1. The Balaban J connectivity index is 1.95. The summed E-state index contributed by atoms with van der Waals surface area (Å²) >= 11 is 1.24. The molecule has 0 aliphatic carbocycles. The van der Waals surface area contributed by atoms with Gasteiger partial charge in [-0.1, -0.05) is 12.1 Å². The van der Waals surface area contributed by atoms with E-state index in [2.05, 4.69) is 15.3 Å². The molecule has 0 aliphatic heterocycles. The van der Waals surface area contributed by atoms with Gasteiger partial charge >= 0.3 is 0 Å². The molecule has 2 aromatic heterocycles. The number of nitrogens with one attached hydrogen (secondary N) is 1. The summed E-state index contributed by atoms with van der Waals surface area (Å²) in [7, 11) is 0. The van der Waals surface area contributed by atoms with E-state index in [1.165, 1.54) is 11.3 Å². The summed E-state index contributed by atoms with van der Waals surface area (Å²) in [5.74, 6) is -0.238. The van der Waals surface area contributed by atoms with Crippen molar-refractivity contribution in [2.45, 2.75) is 6.92 Å². The van der Waals surface area contributed by atoms with Gasteiger partial charge in [-0.15, -0.1) is 11.3 Å². The van der Waals surface area contributed by atoms with Gasteiger partial charge in [-0.2, -0.15) is 0 Å². The monoisotopic (exact) mass is 284 g/mol. The Kier molecular flexibility index (Phi) is 3.08. The zero-order valence-corrected chi connectivity index (χ0v) is 11.6. The third-order valence-corrected chi connectivity index (χ3v) is 3.95. The standard InChI is InChI=1S/C14H12N4OS/c1-8-3-2-4-9(7-8)18-13(19)12-10(15)11-14(20-12)17-6-5-16-11/h2-7H,15H2,1H3,(H,18,19). The van der Waals surface area contributed by atoms with Crippen molar-refractivity contribution < 1.29 is 4.79 Å². The molecule has 1 amide bonds. The number of nitrogens with two attached hydrogens (primary N) is 1. The van der Waals surface area contributed by atoms with Crippen LogP contribution < -0.4 is 11.1 Å². The number of carbonyl (C=O) groups excluding carboxylic acids is 1. The number of nitrogen functional groups attached to an aromatic ring is 1. The largest absolute Gasteiger partial charge is 0.396 e. The van der Waals surface area contributed by atoms with Crippen molar-refractivity contribution in [2.24, 2.45) is 0 Å². The van der Waals surface area contributed by atoms with E-state index in [0.717, 1.165) is 11.3 Å². The summed E-state index contributed by atoms with van der Waals surface area (Å²) in [4.78, 5) is 21.7. The summed E-state index contributed by atoms with van der Waals surface area (Å²) < 4.78 is 0. The van der Waals surface area contributed by atoms with Crippen molar-refractivity contribution in [2.75, 3.05) is 11.1 Å². The Bertz CT molecular complexity index is 797. The summed E-state index contributed by atoms with van der Waals surface area (Å²) in [6.45, 7) is 1.97. The van der Waals surface area contributed by atoms with Crippen molar-refractivity contribution in [3.8, 4) is 0 Å². The molecule has 1 aromatic carbocycles. The molecule has 3 rings (SSSR count). The van der Waals surface area contributed by atoms with Crippen molar-refractivity contribution >= 4 is 39.0 Å². The molecule has 0 fully saturated rings. The van der Waals surface area contributed by atoms with Gasteiger partial charge in [-0.05, 0) is 24.6 Å². The van der Waals surface area contributed by atoms with Crippen LogP contribution in [0.2, 0.25) is 0 Å². The second-order valence-corrected chi connectivity index (χ2v) is 5.38. The smallest absolute Gasteiger partial charge is 0.268 e. The molecule has 0 saturated heterocycles. The molecule has 2 heterocycles. The lowest BCUT2D eigenvalue weighted by Gasteiger charge is -2.04. The fourth-order valence-electron chi connectivity index (χ4n) is 1.92. The van der Waals surface area contributed by atoms with Crippen LogP contribution in [0.4, 0.5) is 11.4 Å². The highest BCUT2D eigenvalue weighted by molar-refractivity contribution is 7.21. The van der Waals surface area contributed by atoms with E-state index in [9.17, 15) is 4.79 Å². The Labute approximate surface area is 119 Å². The highest BCUT2D eigenvalue weighted by atomic mass is 32.1. The minimum absolute atomic E-state index is 0.238. The lowest BCUT2D eigenvalue weighted by atomic mass is 10.2. The lowest BCUT2D eigenvalue weighted by molar-refractivity contribution is 0.103. The zero-order chi connectivity index (χ0) is 14.1. The van der Waals surface area contributed by atoms with E-state index in [-0.39, 0.29) is 5.91 Å². The zero-order valence-electron chi connectivity index (χ0n) is 10.8. The predicted octanol–water partition coefficient (Wildman–Crippen LogP) is 2.83. The van der Waals surface area contributed by atoms with Crippen LogP contribution in [0.1, 0.15) is 15.2 Å². The molecule has 0 saturated carbocycles. The second-order valence-electron chi connectivity index (χ2n) is 4.38. The highest BCUT2D eigenvalue weighted by Gasteiger charge is 2.17. The van der Waals surface area contributed by atoms with Crippen LogP contribution in [0.5, 0.6) is 0 Å². The number of anilines is 2. The molecule has 0 aliphatic rings. The van der Waals surface area contributed by atoms with Crippen LogP contribution >= 0.6 is 11.3 Å². The minimum Gasteiger partial charge on any atom is -0.396 e. The van der Waals surface area contributed by atoms with Crippen LogP contribution in [0.25, 0.3) is 10.3 Å². The van der Waals surface area contributed by atoms with E-state index in [1.807, 2.05) is 31.2 Å². The predicted molar refractivity (Wildman–Crippen MR) is 81.0 cm³/mol. The number of rotatable bonds is 2. The summed E-state index contributed by atoms with van der Waals surface area (Å²) in [5.41, 5.74) is 8.75. The van der Waals surface area contributed by atoms with Crippen LogP contribution in [0.3, 0.4) is 0 Å². The van der Waals surface area contributed by atoms with Gasteiger partial charge in [0.05, 0.1) is 5.69 Å². The molecule has 0 unspecified atom stereocenters. The second kappa shape index (κ2) is 4.90. The quantitative estimate of drug-likeness (QED) is 0.758. The molecule has 100 valence electrons. The summed E-state index contributed by atoms with van der Waals surface area (Å²) in [5, 5.41) is 2.84. The van der Waals surface area contributed by atoms with E-state index in [1.54, 1.807) is 12.4 Å². The molecule has 3 N–H and O–H groups in total. The molecule has 20 heavy (non-hydrogen) atoms. The first-order chi connectivity index (χ1) is 9.65. The van der Waals surface area contributed by atoms with Crippen molar-refractivity contribution in [3.63, 3.8) is 0 Å². The summed E-state index contributed by atoms with van der Waals surface area (Å²) in [6.07, 6.45) is 3.15. The van der Waals surface area contributed by atoms with E-state index in [4.69, 9.17) is 5.73 Å². The maximum atomic E-state index is 12.3. The Morgan fingerprint density at radius 1 is 1.30 bits per heavy atom. The van der Waals surface area contributed by atoms with Crippen LogP contribution in [0, 0.1) is 6.92 Å². The number of fused-ring (bicyclic) bond motifs is 1. The molecule has 0 spiro atoms. The molecule has 6 heteroatoms. The third-order valence-electron chi connectivity index (χ3n) is 2.85. The Hall–Kier alpha value is -2.47. The number of carbonyl (C=O) groups is 1. The minimum atomic E-state index is -0.238. The number of hydrogen-bond donors (Lipinski definition) is 2. The van der Waals surface area contributed by atoms with Gasteiger partial charge in [0.1, 0.15) is 15.2 Å². The lowest BCUT2D eigenvalue weighted by Crippen LogP contribution is -2.12. The van der Waals surface area contributed by atoms with Crippen molar-refractivity contribution in [1.82, 2.24) is 9.97 Å². The van der Waals surface area contributed by atoms with Gasteiger partial charge in [0.2, 0.25) is 0 Å². The average Bonchev–Trinajstić information content (AvgIpc) is 2.77. The number of hydrogen-bond acceptors (Lipinski definition) is 5. The van der Waals surface area contributed by atoms with Gasteiger partial charge in [0.25, 0.3) is 5.91 Å². The normalized spacial score (nSPS) is 10.7. The maximum absolute atomic E-state index is 12.3. The number of benzene rings is 1. The number of aromatic nitrogens is 2. The van der Waals surface area contributed by atoms with Gasteiger partial charge in [0, 0.05) is 18.1 Å². The molecule has 3 aromatic rings. The molecule has 0 atom stereocenters. The van der Waals surface area contributed by atoms with Gasteiger partial charge in [-0.3, -0.25) is 4.79 Å². The molecule has 0 radical (unpaired) electrons. The van der Waals surface area contributed by atoms with Gasteiger partial charge in [-0.25, -0.2) is 9.97 Å². The fraction of sp³-hybridized carbons (Fsp3) is 0.0714. The third kappa shape index (κ3) is 2.21. The SMILES string of the molecule is Cc1cccc(NC(=O)c2sc3nccnc3c2N)c1. The van der Waals surface area contributed by atoms with Crippen LogP contribution in [0.15, 0.2) is 36.7 Å². The number of nitrogens with zero attached hydrogens (tertiary/aromatic N) is 2. The van der Waals surface area contributed by atoms with E-state index < -0.39 is 0 Å². The number of aryl methyl sites for hydroxylation is 1. The van der Waals surface area contributed by atoms with Crippen LogP contribution in [-0.4, -0.2) is 15.9 Å². The van der Waals surface area contributed by atoms with Gasteiger partial charge < -0.3 is 11.1 Å². The van der Waals surface area contributed by atoms with Gasteiger partial charge in [0.15, 0.2) is 0 Å². The van der Waals surface area contributed by atoms with E-state index in [0.29, 0.717) is 20.9 Å². The molecular formula is C14H12N4OS. The highest BCUT2D eigenvalue weighted by Crippen LogP contribution is 2.30. The topological polar surface area (TPSA) is 80.9 Å². The maximum Gasteiger partial charge on any atom is 0.268 e. The molecular weight excluding hydrogens is 272 g/mol. The first-order valence-electron chi connectivity index (χ1n) is 6.02. The van der Waals surface area contributed by atoms with Crippen molar-refractivity contribution in [1.29, 1.82) is 0 Å². The summed E-state index contributed by atoms with van der Waals surface area (Å²) in [6, 6.07) is 7.60. The average molecular weight is 284 g/mol.